The second kappa shape index (κ2) is 4.50. The molecule has 0 heterocycles. The van der Waals surface area contributed by atoms with Crippen molar-refractivity contribution in [1.29, 1.82) is 0 Å². The summed E-state index contributed by atoms with van der Waals surface area (Å²) < 4.78 is 10.3. The highest BCUT2D eigenvalue weighted by molar-refractivity contribution is 5.98. The lowest BCUT2D eigenvalue weighted by molar-refractivity contribution is 0.0993. The third kappa shape index (κ3) is 1.96. The van der Waals surface area contributed by atoms with E-state index in [0.29, 0.717) is 18.1 Å². The molecule has 0 aliphatic heterocycles. The second-order valence-electron chi connectivity index (χ2n) is 2.63. The van der Waals surface area contributed by atoms with Crippen LogP contribution in [0.15, 0.2) is 18.2 Å². The van der Waals surface area contributed by atoms with Gasteiger partial charge < -0.3 is 15.2 Å². The van der Waals surface area contributed by atoms with Gasteiger partial charge in [-0.05, 0) is 19.1 Å². The maximum Gasteiger partial charge on any atom is 0.256 e. The Balaban J connectivity index is 3.20. The quantitative estimate of drug-likeness (QED) is 0.785. The van der Waals surface area contributed by atoms with Crippen LogP contribution in [0.25, 0.3) is 0 Å². The average Bonchev–Trinajstić information content (AvgIpc) is 2.17. The van der Waals surface area contributed by atoms with Crippen LogP contribution in [-0.2, 0) is 0 Å². The summed E-state index contributed by atoms with van der Waals surface area (Å²) in [6.07, 6.45) is 0. The topological polar surface area (TPSA) is 61.6 Å². The molecule has 0 bridgehead atoms. The Morgan fingerprint density at radius 1 is 1.43 bits per heavy atom. The number of carbonyl (C=O) groups excluding carboxylic acids is 1. The van der Waals surface area contributed by atoms with Crippen molar-refractivity contribution in [1.82, 2.24) is 0 Å². The molecule has 0 aliphatic rings. The minimum atomic E-state index is -0.550. The zero-order chi connectivity index (χ0) is 10.6. The van der Waals surface area contributed by atoms with Gasteiger partial charge in [0.05, 0.1) is 13.7 Å². The van der Waals surface area contributed by atoms with Gasteiger partial charge in [0.15, 0.2) is 0 Å². The molecule has 0 saturated carbocycles. The van der Waals surface area contributed by atoms with E-state index >= 15 is 0 Å². The summed E-state index contributed by atoms with van der Waals surface area (Å²) in [5.74, 6) is 0.341. The van der Waals surface area contributed by atoms with E-state index in [-0.39, 0.29) is 5.56 Å². The van der Waals surface area contributed by atoms with Gasteiger partial charge in [0, 0.05) is 0 Å². The van der Waals surface area contributed by atoms with Crippen LogP contribution in [0.2, 0.25) is 0 Å². The first-order valence-corrected chi connectivity index (χ1v) is 4.30. The van der Waals surface area contributed by atoms with E-state index in [1.165, 1.54) is 7.11 Å². The van der Waals surface area contributed by atoms with Gasteiger partial charge in [-0.2, -0.15) is 0 Å². The van der Waals surface area contributed by atoms with Crippen LogP contribution in [-0.4, -0.2) is 19.6 Å². The molecule has 1 rings (SSSR count). The van der Waals surface area contributed by atoms with Crippen molar-refractivity contribution >= 4 is 5.91 Å². The van der Waals surface area contributed by atoms with E-state index in [0.717, 1.165) is 0 Å². The van der Waals surface area contributed by atoms with Crippen molar-refractivity contribution in [3.8, 4) is 11.5 Å². The summed E-state index contributed by atoms with van der Waals surface area (Å²) in [6, 6.07) is 5.10. The normalized spacial score (nSPS) is 9.57. The summed E-state index contributed by atoms with van der Waals surface area (Å²) in [4.78, 5) is 11.1. The molecule has 0 aliphatic carbocycles. The molecule has 1 aromatic rings. The number of amides is 1. The van der Waals surface area contributed by atoms with Crippen molar-refractivity contribution in [2.75, 3.05) is 13.7 Å². The van der Waals surface area contributed by atoms with Crippen LogP contribution in [0.3, 0.4) is 0 Å². The number of nitrogens with two attached hydrogens (primary N) is 1. The maximum absolute atomic E-state index is 11.1. The minimum absolute atomic E-state index is 0.289. The molecule has 4 nitrogen and oxygen atoms in total. The number of methoxy groups -OCH3 is 1. The number of ether oxygens (including phenoxy) is 2. The van der Waals surface area contributed by atoms with Crippen LogP contribution in [0.5, 0.6) is 11.5 Å². The van der Waals surface area contributed by atoms with Crippen LogP contribution in [0.1, 0.15) is 17.3 Å². The SMILES string of the molecule is CCOc1cccc(OC)c1C(N)=O. The monoisotopic (exact) mass is 195 g/mol. The first kappa shape index (κ1) is 10.4. The molecule has 0 unspecified atom stereocenters. The van der Waals surface area contributed by atoms with Crippen LogP contribution in [0, 0.1) is 0 Å². The van der Waals surface area contributed by atoms with Crippen molar-refractivity contribution in [3.63, 3.8) is 0 Å². The molecule has 0 atom stereocenters. The molecule has 4 heteroatoms. The largest absolute Gasteiger partial charge is 0.496 e. The highest BCUT2D eigenvalue weighted by Crippen LogP contribution is 2.27. The molecule has 0 fully saturated rings. The standard InChI is InChI=1S/C10H13NO3/c1-3-14-8-6-4-5-7(13-2)9(8)10(11)12/h4-6H,3H2,1-2H3,(H2,11,12). The molecule has 0 aromatic heterocycles. The Labute approximate surface area is 82.6 Å². The van der Waals surface area contributed by atoms with Gasteiger partial charge in [-0.15, -0.1) is 0 Å². The highest BCUT2D eigenvalue weighted by atomic mass is 16.5. The second-order valence-corrected chi connectivity index (χ2v) is 2.63. The van der Waals surface area contributed by atoms with Gasteiger partial charge >= 0.3 is 0 Å². The van der Waals surface area contributed by atoms with E-state index in [9.17, 15) is 4.79 Å². The summed E-state index contributed by atoms with van der Waals surface area (Å²) in [6.45, 7) is 2.32. The number of rotatable bonds is 4. The minimum Gasteiger partial charge on any atom is -0.496 e. The average molecular weight is 195 g/mol. The van der Waals surface area contributed by atoms with Crippen molar-refractivity contribution < 1.29 is 14.3 Å². The summed E-state index contributed by atoms with van der Waals surface area (Å²) in [5, 5.41) is 0. The molecular formula is C10H13NO3. The highest BCUT2D eigenvalue weighted by Gasteiger charge is 2.14. The number of carbonyl (C=O) groups is 1. The van der Waals surface area contributed by atoms with E-state index in [2.05, 4.69) is 0 Å². The fourth-order valence-corrected chi connectivity index (χ4v) is 1.20. The van der Waals surface area contributed by atoms with Crippen LogP contribution < -0.4 is 15.2 Å². The van der Waals surface area contributed by atoms with Crippen molar-refractivity contribution in [2.24, 2.45) is 5.73 Å². The smallest absolute Gasteiger partial charge is 0.256 e. The van der Waals surface area contributed by atoms with E-state index < -0.39 is 5.91 Å². The van der Waals surface area contributed by atoms with E-state index in [4.69, 9.17) is 15.2 Å². The molecule has 2 N–H and O–H groups in total. The first-order chi connectivity index (χ1) is 6.70. The van der Waals surface area contributed by atoms with Gasteiger partial charge in [0.25, 0.3) is 5.91 Å². The van der Waals surface area contributed by atoms with Gasteiger partial charge in [0.1, 0.15) is 17.1 Å². The lowest BCUT2D eigenvalue weighted by Crippen LogP contribution is -2.14. The number of hydrogen-bond acceptors (Lipinski definition) is 3. The predicted octanol–water partition coefficient (Wildman–Crippen LogP) is 1.19. The summed E-state index contributed by atoms with van der Waals surface area (Å²) >= 11 is 0. The fourth-order valence-electron chi connectivity index (χ4n) is 1.20. The molecule has 1 amide bonds. The Morgan fingerprint density at radius 3 is 2.57 bits per heavy atom. The van der Waals surface area contributed by atoms with Crippen LogP contribution >= 0.6 is 0 Å². The first-order valence-electron chi connectivity index (χ1n) is 4.30. The number of benzene rings is 1. The third-order valence-corrected chi connectivity index (χ3v) is 1.75. The summed E-state index contributed by atoms with van der Waals surface area (Å²) in [7, 11) is 1.48. The van der Waals surface area contributed by atoms with E-state index in [1.807, 2.05) is 6.92 Å². The van der Waals surface area contributed by atoms with Gasteiger partial charge in [-0.3, -0.25) is 4.79 Å². The molecular weight excluding hydrogens is 182 g/mol. The molecule has 0 radical (unpaired) electrons. The molecule has 1 aromatic carbocycles. The molecule has 76 valence electrons. The lowest BCUT2D eigenvalue weighted by Gasteiger charge is -2.10. The van der Waals surface area contributed by atoms with E-state index in [1.54, 1.807) is 18.2 Å². The predicted molar refractivity (Wildman–Crippen MR) is 52.7 cm³/mol. The summed E-state index contributed by atoms with van der Waals surface area (Å²) in [5.41, 5.74) is 5.51. The molecule has 14 heavy (non-hydrogen) atoms. The maximum atomic E-state index is 11.1. The molecule has 0 saturated heterocycles. The zero-order valence-electron chi connectivity index (χ0n) is 8.24. The fraction of sp³-hybridized carbons (Fsp3) is 0.300. The third-order valence-electron chi connectivity index (χ3n) is 1.75. The van der Waals surface area contributed by atoms with Crippen LogP contribution in [0.4, 0.5) is 0 Å². The van der Waals surface area contributed by atoms with Gasteiger partial charge in [0.2, 0.25) is 0 Å². The van der Waals surface area contributed by atoms with Crippen molar-refractivity contribution in [3.05, 3.63) is 23.8 Å². The van der Waals surface area contributed by atoms with Gasteiger partial charge in [-0.1, -0.05) is 6.07 Å². The Bertz CT molecular complexity index is 336. The lowest BCUT2D eigenvalue weighted by atomic mass is 10.1. The Morgan fingerprint density at radius 2 is 2.07 bits per heavy atom. The number of hydrogen-bond donors (Lipinski definition) is 1. The van der Waals surface area contributed by atoms with Crippen molar-refractivity contribution in [2.45, 2.75) is 6.92 Å². The Kier molecular flexibility index (Phi) is 3.34. The Hall–Kier alpha value is -1.71. The number of primary amides is 1. The molecule has 0 spiro atoms. The van der Waals surface area contributed by atoms with Gasteiger partial charge in [-0.25, -0.2) is 0 Å². The zero-order valence-corrected chi connectivity index (χ0v) is 8.24.